The van der Waals surface area contributed by atoms with Crippen molar-refractivity contribution in [2.75, 3.05) is 19.7 Å². The first-order chi connectivity index (χ1) is 7.90. The molecule has 0 spiro atoms. The first-order valence-corrected chi connectivity index (χ1v) is 5.77. The fraction of sp³-hybridized carbons (Fsp3) is 0.667. The largest absolute Gasteiger partial charge is 0.395 e. The number of aliphatic hydroxyl groups is 1. The second-order valence-electron chi connectivity index (χ2n) is 4.93. The summed E-state index contributed by atoms with van der Waals surface area (Å²) in [6, 6.07) is 1.67. The van der Waals surface area contributed by atoms with Crippen molar-refractivity contribution in [1.29, 1.82) is 0 Å². The van der Waals surface area contributed by atoms with E-state index in [9.17, 15) is 4.79 Å². The molecule has 0 unspecified atom stereocenters. The van der Waals surface area contributed by atoms with Gasteiger partial charge in [-0.05, 0) is 6.92 Å². The predicted octanol–water partition coefficient (Wildman–Crippen LogP) is 1.43. The Labute approximate surface area is 101 Å². The van der Waals surface area contributed by atoms with Gasteiger partial charge in [-0.2, -0.15) is 0 Å². The zero-order chi connectivity index (χ0) is 13.1. The molecule has 17 heavy (non-hydrogen) atoms. The van der Waals surface area contributed by atoms with E-state index in [0.717, 1.165) is 0 Å². The van der Waals surface area contributed by atoms with Gasteiger partial charge in [0.25, 0.3) is 5.91 Å². The van der Waals surface area contributed by atoms with E-state index < -0.39 is 0 Å². The SMILES string of the molecule is CCN(CCO)C(=O)c1cc(C(C)(C)C)on1. The van der Waals surface area contributed by atoms with Crippen LogP contribution >= 0.6 is 0 Å². The number of aliphatic hydroxyl groups excluding tert-OH is 1. The number of hydrogen-bond acceptors (Lipinski definition) is 4. The lowest BCUT2D eigenvalue weighted by Crippen LogP contribution is -2.33. The van der Waals surface area contributed by atoms with Gasteiger partial charge in [-0.25, -0.2) is 0 Å². The molecule has 0 fully saturated rings. The average Bonchev–Trinajstić information content (AvgIpc) is 2.73. The minimum Gasteiger partial charge on any atom is -0.395 e. The number of likely N-dealkylation sites (N-methyl/N-ethyl adjacent to an activating group) is 1. The highest BCUT2D eigenvalue weighted by Gasteiger charge is 2.24. The maximum absolute atomic E-state index is 12.0. The average molecular weight is 240 g/mol. The Balaban J connectivity index is 2.86. The molecule has 0 aliphatic carbocycles. The molecule has 5 heteroatoms. The smallest absolute Gasteiger partial charge is 0.276 e. The first-order valence-electron chi connectivity index (χ1n) is 5.77. The minimum atomic E-state index is -0.208. The molecule has 0 saturated heterocycles. The van der Waals surface area contributed by atoms with Crippen LogP contribution in [0.25, 0.3) is 0 Å². The first kappa shape index (κ1) is 13.7. The third-order valence-electron chi connectivity index (χ3n) is 2.51. The summed E-state index contributed by atoms with van der Waals surface area (Å²) in [6.07, 6.45) is 0. The van der Waals surface area contributed by atoms with Gasteiger partial charge >= 0.3 is 0 Å². The zero-order valence-corrected chi connectivity index (χ0v) is 10.9. The van der Waals surface area contributed by atoms with Crippen LogP contribution in [0.1, 0.15) is 43.9 Å². The highest BCUT2D eigenvalue weighted by atomic mass is 16.5. The molecule has 1 rings (SSSR count). The lowest BCUT2D eigenvalue weighted by Gasteiger charge is -2.17. The molecule has 0 atom stereocenters. The summed E-state index contributed by atoms with van der Waals surface area (Å²) >= 11 is 0. The Kier molecular flexibility index (Phi) is 4.28. The van der Waals surface area contributed by atoms with Gasteiger partial charge in [0.15, 0.2) is 5.69 Å². The molecule has 96 valence electrons. The normalized spacial score (nSPS) is 11.6. The van der Waals surface area contributed by atoms with E-state index in [0.29, 0.717) is 24.5 Å². The fourth-order valence-electron chi connectivity index (χ4n) is 1.42. The van der Waals surface area contributed by atoms with E-state index in [-0.39, 0.29) is 17.9 Å². The topological polar surface area (TPSA) is 66.6 Å². The van der Waals surface area contributed by atoms with Crippen LogP contribution in [0.5, 0.6) is 0 Å². The third kappa shape index (κ3) is 3.30. The summed E-state index contributed by atoms with van der Waals surface area (Å²) in [4.78, 5) is 13.5. The maximum Gasteiger partial charge on any atom is 0.276 e. The number of aromatic nitrogens is 1. The lowest BCUT2D eigenvalue weighted by molar-refractivity contribution is 0.0721. The van der Waals surface area contributed by atoms with Crippen molar-refractivity contribution < 1.29 is 14.4 Å². The summed E-state index contributed by atoms with van der Waals surface area (Å²) in [5, 5.41) is 12.6. The van der Waals surface area contributed by atoms with Crippen molar-refractivity contribution in [1.82, 2.24) is 10.1 Å². The lowest BCUT2D eigenvalue weighted by atomic mass is 9.93. The van der Waals surface area contributed by atoms with Gasteiger partial charge in [0, 0.05) is 24.6 Å². The van der Waals surface area contributed by atoms with Crippen LogP contribution in [-0.4, -0.2) is 40.8 Å². The molecule has 0 aliphatic rings. The summed E-state index contributed by atoms with van der Waals surface area (Å²) in [6.45, 7) is 8.64. The molecule has 1 amide bonds. The quantitative estimate of drug-likeness (QED) is 0.864. The van der Waals surface area contributed by atoms with E-state index in [1.165, 1.54) is 4.90 Å². The molecule has 0 aliphatic heterocycles. The molecule has 0 bridgehead atoms. The molecular formula is C12H20N2O3. The van der Waals surface area contributed by atoms with Crippen molar-refractivity contribution in [3.8, 4) is 0 Å². The van der Waals surface area contributed by atoms with Crippen LogP contribution < -0.4 is 0 Å². The molecule has 5 nitrogen and oxygen atoms in total. The van der Waals surface area contributed by atoms with E-state index in [4.69, 9.17) is 9.63 Å². The third-order valence-corrected chi connectivity index (χ3v) is 2.51. The Hall–Kier alpha value is -1.36. The molecule has 0 radical (unpaired) electrons. The monoisotopic (exact) mass is 240 g/mol. The van der Waals surface area contributed by atoms with Crippen LogP contribution in [-0.2, 0) is 5.41 Å². The summed E-state index contributed by atoms with van der Waals surface area (Å²) in [5.74, 6) is 0.474. The maximum atomic E-state index is 12.0. The van der Waals surface area contributed by atoms with Gasteiger partial charge in [-0.3, -0.25) is 4.79 Å². The summed E-state index contributed by atoms with van der Waals surface area (Å²) in [7, 11) is 0. The Morgan fingerprint density at radius 1 is 1.53 bits per heavy atom. The molecule has 0 saturated carbocycles. The van der Waals surface area contributed by atoms with Gasteiger partial charge in [-0.15, -0.1) is 0 Å². The molecule has 0 aromatic carbocycles. The van der Waals surface area contributed by atoms with Crippen molar-refractivity contribution in [2.24, 2.45) is 0 Å². The second kappa shape index (κ2) is 5.31. The van der Waals surface area contributed by atoms with Gasteiger partial charge in [-0.1, -0.05) is 25.9 Å². The minimum absolute atomic E-state index is 0.0520. The zero-order valence-electron chi connectivity index (χ0n) is 10.9. The number of carbonyl (C=O) groups excluding carboxylic acids is 1. The molecular weight excluding hydrogens is 220 g/mol. The Bertz CT molecular complexity index is 379. The van der Waals surface area contributed by atoms with Crippen molar-refractivity contribution in [2.45, 2.75) is 33.1 Å². The van der Waals surface area contributed by atoms with Gasteiger partial charge in [0.1, 0.15) is 5.76 Å². The summed E-state index contributed by atoms with van der Waals surface area (Å²) < 4.78 is 5.16. The van der Waals surface area contributed by atoms with Crippen LogP contribution in [0.2, 0.25) is 0 Å². The number of carbonyl (C=O) groups is 1. The van der Waals surface area contributed by atoms with E-state index in [1.807, 2.05) is 27.7 Å². The van der Waals surface area contributed by atoms with Gasteiger partial charge < -0.3 is 14.5 Å². The number of amides is 1. The van der Waals surface area contributed by atoms with Crippen molar-refractivity contribution in [3.63, 3.8) is 0 Å². The van der Waals surface area contributed by atoms with Crippen LogP contribution in [0, 0.1) is 0 Å². The van der Waals surface area contributed by atoms with E-state index in [2.05, 4.69) is 5.16 Å². The summed E-state index contributed by atoms with van der Waals surface area (Å²) in [5.41, 5.74) is 0.129. The predicted molar refractivity (Wildman–Crippen MR) is 63.9 cm³/mol. The van der Waals surface area contributed by atoms with Crippen LogP contribution in [0.4, 0.5) is 0 Å². The van der Waals surface area contributed by atoms with E-state index >= 15 is 0 Å². The van der Waals surface area contributed by atoms with Crippen LogP contribution in [0.3, 0.4) is 0 Å². The molecule has 1 aromatic heterocycles. The highest BCUT2D eigenvalue weighted by Crippen LogP contribution is 2.23. The fourth-order valence-corrected chi connectivity index (χ4v) is 1.42. The van der Waals surface area contributed by atoms with E-state index in [1.54, 1.807) is 6.07 Å². The highest BCUT2D eigenvalue weighted by molar-refractivity contribution is 5.92. The molecule has 1 N–H and O–H groups in total. The molecule has 1 heterocycles. The standard InChI is InChI=1S/C12H20N2O3/c1-5-14(6-7-15)11(16)9-8-10(17-13-9)12(2,3)4/h8,15H,5-7H2,1-4H3. The van der Waals surface area contributed by atoms with Gasteiger partial charge in [0.2, 0.25) is 0 Å². The van der Waals surface area contributed by atoms with Crippen molar-refractivity contribution in [3.05, 3.63) is 17.5 Å². The molecule has 1 aromatic rings. The Morgan fingerprint density at radius 2 is 2.18 bits per heavy atom. The van der Waals surface area contributed by atoms with Crippen molar-refractivity contribution >= 4 is 5.91 Å². The second-order valence-corrected chi connectivity index (χ2v) is 4.93. The number of nitrogens with zero attached hydrogens (tertiary/aromatic N) is 2. The van der Waals surface area contributed by atoms with Gasteiger partial charge in [0.05, 0.1) is 6.61 Å². The Morgan fingerprint density at radius 3 is 2.59 bits per heavy atom. The number of rotatable bonds is 4. The number of hydrogen-bond donors (Lipinski definition) is 1. The van der Waals surface area contributed by atoms with Crippen LogP contribution in [0.15, 0.2) is 10.6 Å².